The fraction of sp³-hybridized carbons (Fsp3) is 0.484. The molecule has 2 aliphatic rings. The van der Waals surface area contributed by atoms with Gasteiger partial charge in [-0.05, 0) is 44.7 Å². The third-order valence-corrected chi connectivity index (χ3v) is 9.84. The zero-order valence-electron chi connectivity index (χ0n) is 27.0. The van der Waals surface area contributed by atoms with Gasteiger partial charge in [0.2, 0.25) is 39.6 Å². The summed E-state index contributed by atoms with van der Waals surface area (Å²) in [6.07, 6.45) is 1.71. The number of carbonyl (C=O) groups excluding carboxylic acids is 5. The molecular formula is C31H41N7O9S. The van der Waals surface area contributed by atoms with Gasteiger partial charge in [-0.25, -0.2) is 13.1 Å². The van der Waals surface area contributed by atoms with Gasteiger partial charge in [0, 0.05) is 43.6 Å². The van der Waals surface area contributed by atoms with E-state index in [-0.39, 0.29) is 18.0 Å². The van der Waals surface area contributed by atoms with Crippen LogP contribution in [-0.2, 0) is 38.8 Å². The van der Waals surface area contributed by atoms with Crippen LogP contribution in [0.4, 0.5) is 5.69 Å². The first-order valence-electron chi connectivity index (χ1n) is 15.6. The molecule has 17 heteroatoms. The van der Waals surface area contributed by atoms with E-state index in [2.05, 4.69) is 20.7 Å². The Bertz CT molecular complexity index is 1700. The van der Waals surface area contributed by atoms with Crippen molar-refractivity contribution in [2.45, 2.75) is 55.6 Å². The van der Waals surface area contributed by atoms with Crippen molar-refractivity contribution in [3.8, 4) is 0 Å². The standard InChI is InChI=1S/C31H41N7O9S/c1-19(31(44)45)35-30(43)24-12-7-15-38(24)27(40)17-32-26(39)16-33-29(42)23-11-6-14-37(23)28(41)18-34-48(46,47)25-13-5-8-20-21(25)9-4-10-22(20)36(2)3/h4-5,8-10,13,19,23-24,34H,6-7,11-12,14-18H2,1-3H3,(H,32,39)(H,33,42)(H,35,43)(H,44,45)/t19-,23-,24-/m0/s1. The topological polar surface area (TPSA) is 215 Å². The Balaban J connectivity index is 1.27. The monoisotopic (exact) mass is 687 g/mol. The van der Waals surface area contributed by atoms with Crippen molar-refractivity contribution < 1.29 is 42.3 Å². The second-order valence-electron chi connectivity index (χ2n) is 11.9. The molecule has 2 heterocycles. The van der Waals surface area contributed by atoms with Crippen LogP contribution in [0.5, 0.6) is 0 Å². The normalized spacial score (nSPS) is 18.3. The SMILES string of the molecule is C[C@H](NC(=O)[C@@H]1CCCN1C(=O)CNC(=O)CNC(=O)[C@@H]1CCCN1C(=O)CNS(=O)(=O)c1cccc2c(N(C)C)cccc12)C(=O)O. The van der Waals surface area contributed by atoms with Crippen LogP contribution in [0.1, 0.15) is 32.6 Å². The van der Waals surface area contributed by atoms with E-state index in [0.717, 1.165) is 11.1 Å². The predicted molar refractivity (Wildman–Crippen MR) is 174 cm³/mol. The van der Waals surface area contributed by atoms with Gasteiger partial charge < -0.3 is 35.8 Å². The molecule has 5 N–H and O–H groups in total. The van der Waals surface area contributed by atoms with Gasteiger partial charge in [-0.15, -0.1) is 0 Å². The number of anilines is 1. The summed E-state index contributed by atoms with van der Waals surface area (Å²) in [5, 5.41) is 17.5. The second-order valence-corrected chi connectivity index (χ2v) is 13.6. The molecule has 0 spiro atoms. The second kappa shape index (κ2) is 15.4. The molecule has 2 aromatic carbocycles. The fourth-order valence-electron chi connectivity index (χ4n) is 5.90. The summed E-state index contributed by atoms with van der Waals surface area (Å²) in [6, 6.07) is 7.34. The minimum atomic E-state index is -4.10. The molecular weight excluding hydrogens is 646 g/mol. The molecule has 16 nitrogen and oxygen atoms in total. The molecule has 2 aromatic rings. The molecule has 0 saturated carbocycles. The highest BCUT2D eigenvalue weighted by Crippen LogP contribution is 2.30. The quantitative estimate of drug-likeness (QED) is 0.173. The Morgan fingerprint density at radius 1 is 0.833 bits per heavy atom. The van der Waals surface area contributed by atoms with Crippen molar-refractivity contribution in [3.63, 3.8) is 0 Å². The van der Waals surface area contributed by atoms with Gasteiger partial charge in [0.15, 0.2) is 0 Å². The van der Waals surface area contributed by atoms with E-state index in [1.165, 1.54) is 22.8 Å². The van der Waals surface area contributed by atoms with Crippen LogP contribution in [0.3, 0.4) is 0 Å². The van der Waals surface area contributed by atoms with Crippen molar-refractivity contribution in [1.29, 1.82) is 0 Å². The number of rotatable bonds is 13. The Morgan fingerprint density at radius 3 is 2.04 bits per heavy atom. The summed E-state index contributed by atoms with van der Waals surface area (Å²) in [7, 11) is -0.391. The zero-order chi connectivity index (χ0) is 35.2. The predicted octanol–water partition coefficient (Wildman–Crippen LogP) is -1.01. The van der Waals surface area contributed by atoms with Crippen LogP contribution in [0, 0.1) is 0 Å². The summed E-state index contributed by atoms with van der Waals surface area (Å²) in [4.78, 5) is 79.1. The Morgan fingerprint density at radius 2 is 1.42 bits per heavy atom. The molecule has 260 valence electrons. The number of amides is 5. The molecule has 3 atom stereocenters. The van der Waals surface area contributed by atoms with Crippen molar-refractivity contribution >= 4 is 62.0 Å². The minimum absolute atomic E-state index is 0.0213. The molecule has 2 fully saturated rings. The average molecular weight is 688 g/mol. The lowest BCUT2D eigenvalue weighted by Crippen LogP contribution is -2.52. The molecule has 0 aliphatic carbocycles. The highest BCUT2D eigenvalue weighted by molar-refractivity contribution is 7.89. The zero-order valence-corrected chi connectivity index (χ0v) is 27.8. The van der Waals surface area contributed by atoms with Gasteiger partial charge in [0.05, 0.1) is 24.5 Å². The van der Waals surface area contributed by atoms with E-state index in [9.17, 15) is 37.2 Å². The maximum atomic E-state index is 13.3. The molecule has 4 rings (SSSR count). The number of carbonyl (C=O) groups is 6. The largest absolute Gasteiger partial charge is 0.480 e. The molecule has 0 unspecified atom stereocenters. The van der Waals surface area contributed by atoms with Crippen molar-refractivity contribution in [2.24, 2.45) is 0 Å². The van der Waals surface area contributed by atoms with Gasteiger partial charge in [0.1, 0.15) is 18.1 Å². The van der Waals surface area contributed by atoms with Crippen molar-refractivity contribution in [2.75, 3.05) is 51.7 Å². The highest BCUT2D eigenvalue weighted by Gasteiger charge is 2.36. The van der Waals surface area contributed by atoms with E-state index in [1.54, 1.807) is 18.2 Å². The highest BCUT2D eigenvalue weighted by atomic mass is 32.2. The summed E-state index contributed by atoms with van der Waals surface area (Å²) in [6.45, 7) is 0.332. The third kappa shape index (κ3) is 8.38. The number of carboxylic acid groups (broad SMARTS) is 1. The number of hydrogen-bond donors (Lipinski definition) is 5. The Labute approximate surface area is 278 Å². The molecule has 48 heavy (non-hydrogen) atoms. The summed E-state index contributed by atoms with van der Waals surface area (Å²) in [5.74, 6) is -4.20. The van der Waals surface area contributed by atoms with E-state index in [0.29, 0.717) is 31.1 Å². The van der Waals surface area contributed by atoms with E-state index in [4.69, 9.17) is 5.11 Å². The molecule has 0 bridgehead atoms. The van der Waals surface area contributed by atoms with Crippen LogP contribution in [0.15, 0.2) is 41.3 Å². The summed E-state index contributed by atoms with van der Waals surface area (Å²) >= 11 is 0. The number of sulfonamides is 1. The van der Waals surface area contributed by atoms with Gasteiger partial charge in [-0.2, -0.15) is 0 Å². The maximum Gasteiger partial charge on any atom is 0.325 e. The first-order valence-corrected chi connectivity index (χ1v) is 17.0. The molecule has 5 amide bonds. The number of hydrogen-bond acceptors (Lipinski definition) is 9. The number of fused-ring (bicyclic) bond motifs is 1. The summed E-state index contributed by atoms with van der Waals surface area (Å²) < 4.78 is 28.9. The fourth-order valence-corrected chi connectivity index (χ4v) is 7.09. The number of likely N-dealkylation sites (tertiary alicyclic amines) is 2. The lowest BCUT2D eigenvalue weighted by Gasteiger charge is -2.25. The van der Waals surface area contributed by atoms with E-state index in [1.807, 2.05) is 31.1 Å². The van der Waals surface area contributed by atoms with Crippen LogP contribution in [-0.4, -0.2) is 124 Å². The lowest BCUT2D eigenvalue weighted by molar-refractivity contribution is -0.143. The minimum Gasteiger partial charge on any atom is -0.480 e. The number of carboxylic acids is 1. The van der Waals surface area contributed by atoms with Crippen molar-refractivity contribution in [3.05, 3.63) is 36.4 Å². The number of benzene rings is 2. The first kappa shape index (κ1) is 36.1. The molecule has 0 radical (unpaired) electrons. The number of nitrogens with one attached hydrogen (secondary N) is 4. The van der Waals surface area contributed by atoms with E-state index >= 15 is 0 Å². The van der Waals surface area contributed by atoms with Crippen LogP contribution >= 0.6 is 0 Å². The molecule has 2 saturated heterocycles. The number of nitrogens with zero attached hydrogens (tertiary/aromatic N) is 3. The van der Waals surface area contributed by atoms with Crippen LogP contribution in [0.25, 0.3) is 10.8 Å². The van der Waals surface area contributed by atoms with Gasteiger partial charge >= 0.3 is 5.97 Å². The molecule has 0 aromatic heterocycles. The average Bonchev–Trinajstić information content (AvgIpc) is 3.75. The van der Waals surface area contributed by atoms with Crippen molar-refractivity contribution in [1.82, 2.24) is 30.5 Å². The third-order valence-electron chi connectivity index (χ3n) is 8.38. The number of aliphatic carboxylic acids is 1. The van der Waals surface area contributed by atoms with Gasteiger partial charge in [-0.3, -0.25) is 28.8 Å². The Hall–Kier alpha value is -4.77. The molecule has 2 aliphatic heterocycles. The van der Waals surface area contributed by atoms with Gasteiger partial charge in [0.25, 0.3) is 0 Å². The van der Waals surface area contributed by atoms with E-state index < -0.39 is 83.3 Å². The lowest BCUT2D eigenvalue weighted by atomic mass is 10.1. The van der Waals surface area contributed by atoms with Crippen LogP contribution < -0.4 is 25.6 Å². The van der Waals surface area contributed by atoms with Gasteiger partial charge in [-0.1, -0.05) is 24.3 Å². The first-order chi connectivity index (χ1) is 22.7. The maximum absolute atomic E-state index is 13.3. The smallest absolute Gasteiger partial charge is 0.325 e. The Kier molecular flexibility index (Phi) is 11.6. The van der Waals surface area contributed by atoms with Crippen LogP contribution in [0.2, 0.25) is 0 Å². The summed E-state index contributed by atoms with van der Waals surface area (Å²) in [5.41, 5.74) is 0.834.